The highest BCUT2D eigenvalue weighted by atomic mass is 35.5. The number of carbonyl (C=O) groups is 1. The molecule has 0 bridgehead atoms. The molecule has 2 rings (SSSR count). The molecule has 2 aromatic carbocycles. The topological polar surface area (TPSA) is 38.3 Å². The number of amides is 1. The van der Waals surface area contributed by atoms with Gasteiger partial charge in [-0.15, -0.1) is 0 Å². The lowest BCUT2D eigenvalue weighted by Crippen LogP contribution is -2.08. The number of unbranched alkanes of at least 4 members (excludes halogenated alkanes) is 1. The number of ether oxygens (including phenoxy) is 1. The van der Waals surface area contributed by atoms with Crippen molar-refractivity contribution >= 4 is 29.3 Å². The number of hydrogen-bond donors (Lipinski definition) is 1. The smallest absolute Gasteiger partial charge is 0.248 e. The van der Waals surface area contributed by atoms with Crippen molar-refractivity contribution in [3.63, 3.8) is 0 Å². The van der Waals surface area contributed by atoms with Crippen LogP contribution in [0, 0.1) is 6.92 Å². The number of benzene rings is 2. The lowest BCUT2D eigenvalue weighted by molar-refractivity contribution is -0.111. The highest BCUT2D eigenvalue weighted by Crippen LogP contribution is 2.19. The first-order chi connectivity index (χ1) is 11.6. The van der Waals surface area contributed by atoms with Gasteiger partial charge in [-0.1, -0.05) is 37.1 Å². The van der Waals surface area contributed by atoms with Crippen molar-refractivity contribution in [1.29, 1.82) is 0 Å². The van der Waals surface area contributed by atoms with Crippen LogP contribution in [0.25, 0.3) is 6.08 Å². The van der Waals surface area contributed by atoms with Crippen molar-refractivity contribution in [2.45, 2.75) is 26.7 Å². The zero-order valence-corrected chi connectivity index (χ0v) is 14.8. The van der Waals surface area contributed by atoms with Gasteiger partial charge in [0, 0.05) is 16.8 Å². The van der Waals surface area contributed by atoms with Crippen LogP contribution in [0.15, 0.2) is 48.5 Å². The number of hydrogen-bond acceptors (Lipinski definition) is 2. The second kappa shape index (κ2) is 9.14. The minimum absolute atomic E-state index is 0.177. The third kappa shape index (κ3) is 5.74. The van der Waals surface area contributed by atoms with Crippen molar-refractivity contribution in [1.82, 2.24) is 0 Å². The standard InChI is InChI=1S/C20H22ClNO2/c1-3-4-13-24-18-9-5-16(6-10-18)7-12-20(23)22-19-11-8-17(21)14-15(19)2/h5-12,14H,3-4,13H2,1-2H3,(H,22,23)/b12-7+. The van der Waals surface area contributed by atoms with E-state index < -0.39 is 0 Å². The fraction of sp³-hybridized carbons (Fsp3) is 0.250. The van der Waals surface area contributed by atoms with Crippen molar-refractivity contribution in [2.75, 3.05) is 11.9 Å². The summed E-state index contributed by atoms with van der Waals surface area (Å²) in [7, 11) is 0. The normalized spacial score (nSPS) is 10.8. The Hall–Kier alpha value is -2.26. The number of anilines is 1. The number of aryl methyl sites for hydroxylation is 1. The minimum atomic E-state index is -0.177. The third-order valence-electron chi connectivity index (χ3n) is 3.52. The van der Waals surface area contributed by atoms with Crippen LogP contribution < -0.4 is 10.1 Å². The molecule has 0 unspecified atom stereocenters. The largest absolute Gasteiger partial charge is 0.494 e. The Kier molecular flexibility index (Phi) is 6.89. The molecule has 3 nitrogen and oxygen atoms in total. The predicted molar refractivity (Wildman–Crippen MR) is 101 cm³/mol. The van der Waals surface area contributed by atoms with Gasteiger partial charge in [0.15, 0.2) is 0 Å². The summed E-state index contributed by atoms with van der Waals surface area (Å²) in [6.07, 6.45) is 5.45. The van der Waals surface area contributed by atoms with Crippen molar-refractivity contribution < 1.29 is 9.53 Å². The molecule has 0 spiro atoms. The van der Waals surface area contributed by atoms with Gasteiger partial charge in [0.05, 0.1) is 6.61 Å². The fourth-order valence-corrected chi connectivity index (χ4v) is 2.35. The molecule has 1 amide bonds. The molecule has 24 heavy (non-hydrogen) atoms. The highest BCUT2D eigenvalue weighted by molar-refractivity contribution is 6.30. The fourth-order valence-electron chi connectivity index (χ4n) is 2.12. The van der Waals surface area contributed by atoms with Gasteiger partial charge in [0.2, 0.25) is 5.91 Å². The minimum Gasteiger partial charge on any atom is -0.494 e. The molecule has 0 heterocycles. The van der Waals surface area contributed by atoms with E-state index in [9.17, 15) is 4.79 Å². The summed E-state index contributed by atoms with van der Waals surface area (Å²) in [6.45, 7) is 4.77. The maximum atomic E-state index is 12.0. The molecule has 0 saturated carbocycles. The summed E-state index contributed by atoms with van der Waals surface area (Å²) in [5.41, 5.74) is 2.63. The molecular formula is C20H22ClNO2. The van der Waals surface area contributed by atoms with Gasteiger partial charge < -0.3 is 10.1 Å². The van der Waals surface area contributed by atoms with E-state index in [1.54, 1.807) is 18.2 Å². The summed E-state index contributed by atoms with van der Waals surface area (Å²) < 4.78 is 5.61. The van der Waals surface area contributed by atoms with E-state index in [0.717, 1.165) is 42.0 Å². The van der Waals surface area contributed by atoms with Gasteiger partial charge in [-0.05, 0) is 60.9 Å². The molecule has 0 fully saturated rings. The van der Waals surface area contributed by atoms with Crippen LogP contribution in [0.2, 0.25) is 5.02 Å². The first kappa shape index (κ1) is 18.1. The lowest BCUT2D eigenvalue weighted by atomic mass is 10.2. The van der Waals surface area contributed by atoms with Crippen LogP contribution in [-0.2, 0) is 4.79 Å². The number of halogens is 1. The van der Waals surface area contributed by atoms with Gasteiger partial charge in [0.25, 0.3) is 0 Å². The van der Waals surface area contributed by atoms with E-state index >= 15 is 0 Å². The Morgan fingerprint density at radius 2 is 1.96 bits per heavy atom. The molecule has 0 atom stereocenters. The number of carbonyl (C=O) groups excluding carboxylic acids is 1. The molecule has 126 valence electrons. The van der Waals surface area contributed by atoms with Gasteiger partial charge >= 0.3 is 0 Å². The van der Waals surface area contributed by atoms with Gasteiger partial charge in [-0.2, -0.15) is 0 Å². The lowest BCUT2D eigenvalue weighted by Gasteiger charge is -2.06. The predicted octanol–water partition coefficient (Wildman–Crippen LogP) is 5.48. The van der Waals surface area contributed by atoms with E-state index in [4.69, 9.17) is 16.3 Å². The summed E-state index contributed by atoms with van der Waals surface area (Å²) in [5, 5.41) is 3.50. The Morgan fingerprint density at radius 1 is 1.21 bits per heavy atom. The molecule has 0 aromatic heterocycles. The third-order valence-corrected chi connectivity index (χ3v) is 3.76. The first-order valence-corrected chi connectivity index (χ1v) is 8.44. The van der Waals surface area contributed by atoms with Crippen molar-refractivity contribution in [3.05, 3.63) is 64.7 Å². The first-order valence-electron chi connectivity index (χ1n) is 8.06. The molecule has 0 aliphatic rings. The zero-order valence-electron chi connectivity index (χ0n) is 14.0. The van der Waals surface area contributed by atoms with Crippen LogP contribution in [0.3, 0.4) is 0 Å². The monoisotopic (exact) mass is 343 g/mol. The second-order valence-corrected chi connectivity index (χ2v) is 5.99. The maximum Gasteiger partial charge on any atom is 0.248 e. The van der Waals surface area contributed by atoms with E-state index in [2.05, 4.69) is 12.2 Å². The van der Waals surface area contributed by atoms with Gasteiger partial charge in [-0.25, -0.2) is 0 Å². The number of rotatable bonds is 7. The average molecular weight is 344 g/mol. The van der Waals surface area contributed by atoms with E-state index in [0.29, 0.717) is 5.02 Å². The zero-order chi connectivity index (χ0) is 17.4. The van der Waals surface area contributed by atoms with Crippen LogP contribution in [0.4, 0.5) is 5.69 Å². The van der Waals surface area contributed by atoms with Crippen molar-refractivity contribution in [2.24, 2.45) is 0 Å². The van der Waals surface area contributed by atoms with E-state index in [1.807, 2.05) is 37.3 Å². The Balaban J connectivity index is 1.91. The summed E-state index contributed by atoms with van der Waals surface area (Å²) in [5.74, 6) is 0.672. The highest BCUT2D eigenvalue weighted by Gasteiger charge is 2.02. The van der Waals surface area contributed by atoms with Crippen LogP contribution in [0.5, 0.6) is 5.75 Å². The van der Waals surface area contributed by atoms with Crippen LogP contribution in [-0.4, -0.2) is 12.5 Å². The summed E-state index contributed by atoms with van der Waals surface area (Å²) in [4.78, 5) is 12.0. The number of nitrogens with one attached hydrogen (secondary N) is 1. The summed E-state index contributed by atoms with van der Waals surface area (Å²) in [6, 6.07) is 13.1. The molecular weight excluding hydrogens is 322 g/mol. The Labute approximate surface area is 148 Å². The molecule has 4 heteroatoms. The average Bonchev–Trinajstić information content (AvgIpc) is 2.57. The van der Waals surface area contributed by atoms with Crippen LogP contribution in [0.1, 0.15) is 30.9 Å². The molecule has 0 radical (unpaired) electrons. The van der Waals surface area contributed by atoms with Crippen molar-refractivity contribution in [3.8, 4) is 5.75 Å². The van der Waals surface area contributed by atoms with Gasteiger partial charge in [0.1, 0.15) is 5.75 Å². The second-order valence-electron chi connectivity index (χ2n) is 5.55. The maximum absolute atomic E-state index is 12.0. The summed E-state index contributed by atoms with van der Waals surface area (Å²) >= 11 is 5.91. The molecule has 2 aromatic rings. The Morgan fingerprint density at radius 3 is 2.62 bits per heavy atom. The molecule has 0 aliphatic heterocycles. The molecule has 0 aliphatic carbocycles. The molecule has 1 N–H and O–H groups in total. The Bertz CT molecular complexity index is 708. The molecule has 0 saturated heterocycles. The SMILES string of the molecule is CCCCOc1ccc(/C=C/C(=O)Nc2ccc(Cl)cc2C)cc1. The van der Waals surface area contributed by atoms with Crippen LogP contribution >= 0.6 is 11.6 Å². The van der Waals surface area contributed by atoms with E-state index in [-0.39, 0.29) is 5.91 Å². The van der Waals surface area contributed by atoms with Gasteiger partial charge in [-0.3, -0.25) is 4.79 Å². The quantitative estimate of drug-likeness (QED) is 0.534. The van der Waals surface area contributed by atoms with E-state index in [1.165, 1.54) is 6.08 Å².